The SMILES string of the molecule is C[C@H](O)CN1CCCC(CN)C1. The number of nitrogens with zero attached hydrogens (tertiary/aromatic N) is 1. The van der Waals surface area contributed by atoms with E-state index in [9.17, 15) is 5.11 Å². The predicted molar refractivity (Wildman–Crippen MR) is 49.9 cm³/mol. The van der Waals surface area contributed by atoms with Crippen LogP contribution in [-0.4, -0.2) is 42.3 Å². The van der Waals surface area contributed by atoms with Gasteiger partial charge in [0.25, 0.3) is 0 Å². The Morgan fingerprint density at radius 2 is 2.42 bits per heavy atom. The fourth-order valence-corrected chi connectivity index (χ4v) is 1.88. The lowest BCUT2D eigenvalue weighted by molar-refractivity contribution is 0.0963. The molecule has 0 bridgehead atoms. The van der Waals surface area contributed by atoms with E-state index < -0.39 is 0 Å². The van der Waals surface area contributed by atoms with Gasteiger partial charge in [-0.15, -0.1) is 0 Å². The quantitative estimate of drug-likeness (QED) is 0.632. The summed E-state index contributed by atoms with van der Waals surface area (Å²) in [5.74, 6) is 0.650. The van der Waals surface area contributed by atoms with Gasteiger partial charge in [0.1, 0.15) is 0 Å². The number of hydrogen-bond acceptors (Lipinski definition) is 3. The van der Waals surface area contributed by atoms with Crippen molar-refractivity contribution in [3.63, 3.8) is 0 Å². The third-order valence-corrected chi connectivity index (χ3v) is 2.46. The highest BCUT2D eigenvalue weighted by atomic mass is 16.3. The summed E-state index contributed by atoms with van der Waals surface area (Å²) in [6, 6.07) is 0. The molecule has 1 unspecified atom stereocenters. The summed E-state index contributed by atoms with van der Waals surface area (Å²) < 4.78 is 0. The van der Waals surface area contributed by atoms with Crippen LogP contribution in [0.1, 0.15) is 19.8 Å². The van der Waals surface area contributed by atoms with Crippen LogP contribution in [0.3, 0.4) is 0 Å². The van der Waals surface area contributed by atoms with E-state index in [2.05, 4.69) is 4.90 Å². The smallest absolute Gasteiger partial charge is 0.0639 e. The van der Waals surface area contributed by atoms with Crippen LogP contribution in [0.2, 0.25) is 0 Å². The lowest BCUT2D eigenvalue weighted by atomic mass is 9.98. The van der Waals surface area contributed by atoms with Crippen molar-refractivity contribution in [1.82, 2.24) is 4.90 Å². The summed E-state index contributed by atoms with van der Waals surface area (Å²) in [6.07, 6.45) is 2.28. The molecule has 3 nitrogen and oxygen atoms in total. The van der Waals surface area contributed by atoms with Crippen LogP contribution in [-0.2, 0) is 0 Å². The first-order valence-corrected chi connectivity index (χ1v) is 4.83. The van der Waals surface area contributed by atoms with Crippen molar-refractivity contribution in [2.75, 3.05) is 26.2 Å². The van der Waals surface area contributed by atoms with Gasteiger partial charge in [-0.25, -0.2) is 0 Å². The van der Waals surface area contributed by atoms with Crippen LogP contribution in [0.5, 0.6) is 0 Å². The van der Waals surface area contributed by atoms with Gasteiger partial charge in [0.2, 0.25) is 0 Å². The van der Waals surface area contributed by atoms with Gasteiger partial charge in [-0.05, 0) is 38.8 Å². The molecule has 0 saturated carbocycles. The van der Waals surface area contributed by atoms with Crippen molar-refractivity contribution in [2.45, 2.75) is 25.9 Å². The molecule has 3 heteroatoms. The Labute approximate surface area is 74.5 Å². The molecule has 0 aromatic carbocycles. The number of likely N-dealkylation sites (tertiary alicyclic amines) is 1. The number of aliphatic hydroxyl groups excluding tert-OH is 1. The zero-order chi connectivity index (χ0) is 8.97. The molecule has 1 aliphatic heterocycles. The Balaban J connectivity index is 2.25. The molecule has 1 saturated heterocycles. The second kappa shape index (κ2) is 4.80. The Morgan fingerprint density at radius 3 is 3.00 bits per heavy atom. The molecule has 1 heterocycles. The molecular weight excluding hydrogens is 152 g/mol. The highest BCUT2D eigenvalue weighted by molar-refractivity contribution is 4.74. The lowest BCUT2D eigenvalue weighted by Gasteiger charge is -2.32. The van der Waals surface area contributed by atoms with Gasteiger partial charge in [0.15, 0.2) is 0 Å². The average molecular weight is 172 g/mol. The van der Waals surface area contributed by atoms with E-state index in [4.69, 9.17) is 5.73 Å². The van der Waals surface area contributed by atoms with Crippen molar-refractivity contribution >= 4 is 0 Å². The molecule has 3 N–H and O–H groups in total. The number of aliphatic hydroxyl groups is 1. The number of rotatable bonds is 3. The molecule has 0 aromatic rings. The zero-order valence-corrected chi connectivity index (χ0v) is 7.87. The third kappa shape index (κ3) is 3.09. The predicted octanol–water partition coefficient (Wildman–Crippen LogP) is 0.0379. The first-order valence-electron chi connectivity index (χ1n) is 4.83. The van der Waals surface area contributed by atoms with E-state index in [1.807, 2.05) is 6.92 Å². The Bertz CT molecular complexity index is 128. The number of hydrogen-bond donors (Lipinski definition) is 2. The summed E-state index contributed by atoms with van der Waals surface area (Å²) in [5, 5.41) is 9.19. The van der Waals surface area contributed by atoms with Crippen LogP contribution in [0.15, 0.2) is 0 Å². The maximum Gasteiger partial charge on any atom is 0.0639 e. The summed E-state index contributed by atoms with van der Waals surface area (Å²) in [6.45, 7) is 5.63. The number of nitrogens with two attached hydrogens (primary N) is 1. The van der Waals surface area contributed by atoms with Crippen LogP contribution >= 0.6 is 0 Å². The highest BCUT2D eigenvalue weighted by Crippen LogP contribution is 2.14. The highest BCUT2D eigenvalue weighted by Gasteiger charge is 2.18. The van der Waals surface area contributed by atoms with Gasteiger partial charge in [-0.1, -0.05) is 0 Å². The summed E-state index contributed by atoms with van der Waals surface area (Å²) >= 11 is 0. The van der Waals surface area contributed by atoms with Crippen molar-refractivity contribution in [3.8, 4) is 0 Å². The fourth-order valence-electron chi connectivity index (χ4n) is 1.88. The van der Waals surface area contributed by atoms with Gasteiger partial charge >= 0.3 is 0 Å². The minimum absolute atomic E-state index is 0.207. The maximum atomic E-state index is 9.19. The van der Waals surface area contributed by atoms with Gasteiger partial charge in [0.05, 0.1) is 6.10 Å². The second-order valence-electron chi connectivity index (χ2n) is 3.85. The van der Waals surface area contributed by atoms with Crippen LogP contribution < -0.4 is 5.73 Å². The summed E-state index contributed by atoms with van der Waals surface area (Å²) in [4.78, 5) is 2.31. The van der Waals surface area contributed by atoms with Crippen molar-refractivity contribution in [1.29, 1.82) is 0 Å². The van der Waals surface area contributed by atoms with Crippen molar-refractivity contribution < 1.29 is 5.11 Å². The monoisotopic (exact) mass is 172 g/mol. The van der Waals surface area contributed by atoms with E-state index in [0.717, 1.165) is 26.2 Å². The average Bonchev–Trinajstić information content (AvgIpc) is 2.03. The van der Waals surface area contributed by atoms with Gasteiger partial charge < -0.3 is 15.7 Å². The van der Waals surface area contributed by atoms with Crippen LogP contribution in [0.4, 0.5) is 0 Å². The fraction of sp³-hybridized carbons (Fsp3) is 1.00. The standard InChI is InChI=1S/C9H20N2O/c1-8(12)6-11-4-2-3-9(5-10)7-11/h8-9,12H,2-7,10H2,1H3/t8-,9?/m0/s1. The third-order valence-electron chi connectivity index (χ3n) is 2.46. The van der Waals surface area contributed by atoms with E-state index in [1.165, 1.54) is 12.8 Å². The lowest BCUT2D eigenvalue weighted by Crippen LogP contribution is -2.41. The van der Waals surface area contributed by atoms with Gasteiger partial charge in [-0.2, -0.15) is 0 Å². The Hall–Kier alpha value is -0.120. The molecule has 0 amide bonds. The zero-order valence-electron chi connectivity index (χ0n) is 7.87. The Morgan fingerprint density at radius 1 is 1.67 bits per heavy atom. The maximum absolute atomic E-state index is 9.19. The van der Waals surface area contributed by atoms with Gasteiger partial charge in [-0.3, -0.25) is 0 Å². The minimum atomic E-state index is -0.207. The summed E-state index contributed by atoms with van der Waals surface area (Å²) in [7, 11) is 0. The molecule has 1 fully saturated rings. The van der Waals surface area contributed by atoms with Crippen molar-refractivity contribution in [2.24, 2.45) is 11.7 Å². The van der Waals surface area contributed by atoms with Gasteiger partial charge in [0, 0.05) is 13.1 Å². The molecule has 0 aliphatic carbocycles. The largest absolute Gasteiger partial charge is 0.392 e. The molecule has 2 atom stereocenters. The molecule has 1 rings (SSSR count). The second-order valence-corrected chi connectivity index (χ2v) is 3.85. The molecular formula is C9H20N2O. The van der Waals surface area contributed by atoms with Crippen molar-refractivity contribution in [3.05, 3.63) is 0 Å². The summed E-state index contributed by atoms with van der Waals surface area (Å²) in [5.41, 5.74) is 5.61. The van der Waals surface area contributed by atoms with E-state index >= 15 is 0 Å². The normalized spacial score (nSPS) is 28.8. The molecule has 0 radical (unpaired) electrons. The van der Waals surface area contributed by atoms with E-state index in [1.54, 1.807) is 0 Å². The number of piperidine rings is 1. The minimum Gasteiger partial charge on any atom is -0.392 e. The molecule has 12 heavy (non-hydrogen) atoms. The van der Waals surface area contributed by atoms with E-state index in [-0.39, 0.29) is 6.10 Å². The first kappa shape index (κ1) is 9.96. The van der Waals surface area contributed by atoms with E-state index in [0.29, 0.717) is 5.92 Å². The van der Waals surface area contributed by atoms with Crippen LogP contribution in [0.25, 0.3) is 0 Å². The molecule has 0 spiro atoms. The number of β-amino-alcohol motifs (C(OH)–C–C–N with tert-alkyl or cyclic N) is 1. The molecule has 1 aliphatic rings. The molecule has 0 aromatic heterocycles. The Kier molecular flexibility index (Phi) is 3.98. The first-order chi connectivity index (χ1) is 5.72. The topological polar surface area (TPSA) is 49.5 Å². The van der Waals surface area contributed by atoms with Crippen LogP contribution in [0, 0.1) is 5.92 Å². The molecule has 72 valence electrons.